The Balaban J connectivity index is 1.44. The number of anilines is 1. The van der Waals surface area contributed by atoms with E-state index < -0.39 is 0 Å². The first-order chi connectivity index (χ1) is 13.5. The van der Waals surface area contributed by atoms with E-state index in [9.17, 15) is 14.4 Å². The molecule has 0 atom stereocenters. The third-order valence-corrected chi connectivity index (χ3v) is 6.54. The molecule has 1 aliphatic heterocycles. The Morgan fingerprint density at radius 1 is 1.00 bits per heavy atom. The van der Waals surface area contributed by atoms with Gasteiger partial charge in [0.2, 0.25) is 11.8 Å². The third kappa shape index (κ3) is 5.94. The summed E-state index contributed by atoms with van der Waals surface area (Å²) >= 11 is 3.34. The van der Waals surface area contributed by atoms with Gasteiger partial charge in [0, 0.05) is 48.0 Å². The van der Waals surface area contributed by atoms with E-state index in [0.29, 0.717) is 17.0 Å². The molecule has 0 saturated carbocycles. The Bertz CT molecular complexity index is 840. The van der Waals surface area contributed by atoms with Crippen LogP contribution in [-0.4, -0.2) is 47.1 Å². The van der Waals surface area contributed by atoms with Gasteiger partial charge in [-0.3, -0.25) is 14.4 Å². The van der Waals surface area contributed by atoms with Crippen LogP contribution in [0.1, 0.15) is 33.0 Å². The number of thiophene rings is 1. The number of ketones is 1. The largest absolute Gasteiger partial charge is 0.341 e. The van der Waals surface area contributed by atoms with Crippen molar-refractivity contribution in [1.29, 1.82) is 0 Å². The molecule has 0 bridgehead atoms. The summed E-state index contributed by atoms with van der Waals surface area (Å²) in [7, 11) is 0. The summed E-state index contributed by atoms with van der Waals surface area (Å²) in [5.41, 5.74) is 1.61. The highest BCUT2D eigenvalue weighted by Crippen LogP contribution is 2.18. The molecule has 2 aromatic rings. The average molecular weight is 417 g/mol. The van der Waals surface area contributed by atoms with Crippen LogP contribution in [0.3, 0.4) is 0 Å². The lowest BCUT2D eigenvalue weighted by atomic mass is 10.1. The number of aryl methyl sites for hydroxylation is 1. The minimum atomic E-state index is -0.184. The second-order valence-electron chi connectivity index (χ2n) is 6.75. The maximum absolute atomic E-state index is 12.3. The average Bonchev–Trinajstić information content (AvgIpc) is 3.15. The Labute approximate surface area is 173 Å². The summed E-state index contributed by atoms with van der Waals surface area (Å²) in [5, 5.41) is 2.81. The molecule has 1 saturated heterocycles. The predicted molar refractivity (Wildman–Crippen MR) is 115 cm³/mol. The van der Waals surface area contributed by atoms with Crippen molar-refractivity contribution in [2.75, 3.05) is 29.9 Å². The Morgan fingerprint density at radius 2 is 1.71 bits per heavy atom. The lowest BCUT2D eigenvalue weighted by molar-refractivity contribution is -0.130. The molecule has 1 N–H and O–H groups in total. The summed E-state index contributed by atoms with van der Waals surface area (Å²) in [6, 6.07) is 11.1. The molecule has 3 rings (SSSR count). The van der Waals surface area contributed by atoms with E-state index >= 15 is 0 Å². The monoisotopic (exact) mass is 416 g/mol. The minimum absolute atomic E-state index is 0.00165. The number of amides is 2. The normalized spacial score (nSPS) is 14.0. The maximum Gasteiger partial charge on any atom is 0.227 e. The minimum Gasteiger partial charge on any atom is -0.341 e. The van der Waals surface area contributed by atoms with E-state index in [4.69, 9.17) is 0 Å². The van der Waals surface area contributed by atoms with Crippen LogP contribution >= 0.6 is 23.1 Å². The topological polar surface area (TPSA) is 66.5 Å². The molecule has 1 aliphatic rings. The molecule has 0 aliphatic carbocycles. The number of nitrogens with zero attached hydrogens (tertiary/aromatic N) is 1. The van der Waals surface area contributed by atoms with Crippen molar-refractivity contribution < 1.29 is 14.4 Å². The van der Waals surface area contributed by atoms with E-state index in [1.165, 1.54) is 11.3 Å². The van der Waals surface area contributed by atoms with Gasteiger partial charge < -0.3 is 10.2 Å². The van der Waals surface area contributed by atoms with Gasteiger partial charge in [-0.1, -0.05) is 12.1 Å². The standard InChI is InChI=1S/C21H24N2O3S2/c1-15-2-8-19(28-15)18(24)7-9-20(25)22-17-5-3-16(4-6-17)14-21(26)23-10-12-27-13-11-23/h2-6,8H,7,9-14H2,1H3,(H,22,25). The number of benzene rings is 1. The molecule has 2 heterocycles. The summed E-state index contributed by atoms with van der Waals surface area (Å²) in [5.74, 6) is 1.98. The number of hydrogen-bond acceptors (Lipinski definition) is 5. The number of carbonyl (C=O) groups excluding carboxylic acids is 3. The molecule has 2 amide bonds. The SMILES string of the molecule is Cc1ccc(C(=O)CCC(=O)Nc2ccc(CC(=O)N3CCSCC3)cc2)s1. The highest BCUT2D eigenvalue weighted by atomic mass is 32.2. The van der Waals surface area contributed by atoms with Crippen molar-refractivity contribution in [3.63, 3.8) is 0 Å². The highest BCUT2D eigenvalue weighted by molar-refractivity contribution is 7.99. The van der Waals surface area contributed by atoms with Crippen LogP contribution in [0.4, 0.5) is 5.69 Å². The number of thioether (sulfide) groups is 1. The molecule has 0 spiro atoms. The van der Waals surface area contributed by atoms with E-state index in [1.54, 1.807) is 12.1 Å². The molecule has 0 unspecified atom stereocenters. The molecule has 5 nitrogen and oxygen atoms in total. The van der Waals surface area contributed by atoms with Crippen LogP contribution < -0.4 is 5.32 Å². The number of hydrogen-bond donors (Lipinski definition) is 1. The van der Waals surface area contributed by atoms with Gasteiger partial charge in [0.05, 0.1) is 11.3 Å². The van der Waals surface area contributed by atoms with Crippen LogP contribution in [0.25, 0.3) is 0 Å². The van der Waals surface area contributed by atoms with E-state index in [0.717, 1.165) is 35.0 Å². The van der Waals surface area contributed by atoms with E-state index in [1.807, 2.05) is 47.9 Å². The van der Waals surface area contributed by atoms with Gasteiger partial charge in [-0.15, -0.1) is 11.3 Å². The van der Waals surface area contributed by atoms with Gasteiger partial charge in [0.15, 0.2) is 5.78 Å². The molecule has 28 heavy (non-hydrogen) atoms. The summed E-state index contributed by atoms with van der Waals surface area (Å²) in [6.45, 7) is 3.60. The number of rotatable bonds is 7. The second-order valence-corrected chi connectivity index (χ2v) is 9.26. The molecule has 7 heteroatoms. The van der Waals surface area contributed by atoms with Gasteiger partial charge in [0.1, 0.15) is 0 Å². The van der Waals surface area contributed by atoms with Gasteiger partial charge in [-0.05, 0) is 36.8 Å². The van der Waals surface area contributed by atoms with Gasteiger partial charge in [0.25, 0.3) is 0 Å². The fourth-order valence-corrected chi connectivity index (χ4v) is 4.70. The van der Waals surface area contributed by atoms with E-state index in [-0.39, 0.29) is 30.4 Å². The molecule has 0 radical (unpaired) electrons. The highest BCUT2D eigenvalue weighted by Gasteiger charge is 2.17. The van der Waals surface area contributed by atoms with Gasteiger partial charge >= 0.3 is 0 Å². The molecular formula is C21H24N2O3S2. The number of Topliss-reactive ketones (excluding diaryl/α,β-unsaturated/α-hetero) is 1. The zero-order valence-corrected chi connectivity index (χ0v) is 17.5. The van der Waals surface area contributed by atoms with Crippen molar-refractivity contribution in [3.05, 3.63) is 51.7 Å². The first-order valence-electron chi connectivity index (χ1n) is 9.35. The number of carbonyl (C=O) groups is 3. The molecule has 1 aromatic heterocycles. The fourth-order valence-electron chi connectivity index (χ4n) is 2.96. The fraction of sp³-hybridized carbons (Fsp3) is 0.381. The zero-order chi connectivity index (χ0) is 19.9. The van der Waals surface area contributed by atoms with Crippen LogP contribution in [0.5, 0.6) is 0 Å². The van der Waals surface area contributed by atoms with Crippen molar-refractivity contribution in [3.8, 4) is 0 Å². The lowest BCUT2D eigenvalue weighted by Crippen LogP contribution is -2.38. The van der Waals surface area contributed by atoms with Gasteiger partial charge in [-0.25, -0.2) is 0 Å². The van der Waals surface area contributed by atoms with Crippen LogP contribution in [0.2, 0.25) is 0 Å². The number of nitrogens with one attached hydrogen (secondary N) is 1. The Morgan fingerprint density at radius 3 is 2.36 bits per heavy atom. The Kier molecular flexibility index (Phi) is 7.28. The quantitative estimate of drug-likeness (QED) is 0.698. The second kappa shape index (κ2) is 9.89. The molecule has 1 aromatic carbocycles. The summed E-state index contributed by atoms with van der Waals surface area (Å²) in [4.78, 5) is 40.2. The summed E-state index contributed by atoms with van der Waals surface area (Å²) in [6.07, 6.45) is 0.739. The summed E-state index contributed by atoms with van der Waals surface area (Å²) < 4.78 is 0. The van der Waals surface area contributed by atoms with E-state index in [2.05, 4.69) is 5.32 Å². The van der Waals surface area contributed by atoms with Crippen molar-refractivity contribution >= 4 is 46.4 Å². The van der Waals surface area contributed by atoms with Gasteiger partial charge in [-0.2, -0.15) is 11.8 Å². The molecular weight excluding hydrogens is 392 g/mol. The predicted octanol–water partition coefficient (Wildman–Crippen LogP) is 3.78. The van der Waals surface area contributed by atoms with Crippen LogP contribution in [0.15, 0.2) is 36.4 Å². The first-order valence-corrected chi connectivity index (χ1v) is 11.3. The van der Waals surface area contributed by atoms with Crippen molar-refractivity contribution in [2.45, 2.75) is 26.2 Å². The smallest absolute Gasteiger partial charge is 0.227 e. The van der Waals surface area contributed by atoms with Crippen LogP contribution in [0, 0.1) is 6.92 Å². The maximum atomic E-state index is 12.3. The van der Waals surface area contributed by atoms with Crippen LogP contribution in [-0.2, 0) is 16.0 Å². The lowest BCUT2D eigenvalue weighted by Gasteiger charge is -2.26. The van der Waals surface area contributed by atoms with Crippen molar-refractivity contribution in [1.82, 2.24) is 4.90 Å². The third-order valence-electron chi connectivity index (χ3n) is 4.55. The zero-order valence-electron chi connectivity index (χ0n) is 15.9. The van der Waals surface area contributed by atoms with Crippen molar-refractivity contribution in [2.24, 2.45) is 0 Å². The first kappa shape index (κ1) is 20.6. The molecule has 148 valence electrons. The Hall–Kier alpha value is -2.12. The molecule has 1 fully saturated rings.